The van der Waals surface area contributed by atoms with Gasteiger partial charge in [-0.3, -0.25) is 0 Å². The van der Waals surface area contributed by atoms with Crippen molar-refractivity contribution in [3.05, 3.63) is 109 Å². The van der Waals surface area contributed by atoms with E-state index in [2.05, 4.69) is 109 Å². The first kappa shape index (κ1) is 17.6. The Balaban J connectivity index is 1.44. The van der Waals surface area contributed by atoms with Crippen LogP contribution < -0.4 is 0 Å². The summed E-state index contributed by atoms with van der Waals surface area (Å²) >= 11 is 1.90. The number of hydrogen-bond donors (Lipinski definition) is 0. The molecule has 0 aliphatic rings. The van der Waals surface area contributed by atoms with Crippen molar-refractivity contribution in [1.82, 2.24) is 0 Å². The van der Waals surface area contributed by atoms with Crippen LogP contribution >= 0.6 is 11.3 Å². The van der Waals surface area contributed by atoms with Crippen molar-refractivity contribution >= 4 is 74.6 Å². The van der Waals surface area contributed by atoms with Gasteiger partial charge in [0, 0.05) is 20.2 Å². The van der Waals surface area contributed by atoms with E-state index in [4.69, 9.17) is 0 Å². The van der Waals surface area contributed by atoms with Gasteiger partial charge in [-0.05, 0) is 66.3 Å². The molecule has 0 amide bonds. The van der Waals surface area contributed by atoms with Crippen LogP contribution in [0.1, 0.15) is 0 Å². The van der Waals surface area contributed by atoms with Crippen LogP contribution in [0.15, 0.2) is 109 Å². The van der Waals surface area contributed by atoms with Crippen LogP contribution in [0.4, 0.5) is 0 Å². The van der Waals surface area contributed by atoms with Crippen molar-refractivity contribution in [2.24, 2.45) is 0 Å². The fourth-order valence-corrected chi connectivity index (χ4v) is 6.86. The predicted octanol–water partition coefficient (Wildman–Crippen LogP) is 9.77. The zero-order chi connectivity index (χ0) is 21.5. The Kier molecular flexibility index (Phi) is 3.37. The van der Waals surface area contributed by atoms with Gasteiger partial charge >= 0.3 is 0 Å². The molecule has 7 aromatic carbocycles. The summed E-state index contributed by atoms with van der Waals surface area (Å²) in [5.41, 5.74) is 2.60. The number of fused-ring (bicyclic) bond motifs is 5. The largest absolute Gasteiger partial charge is 0.135 e. The van der Waals surface area contributed by atoms with Gasteiger partial charge in [0.25, 0.3) is 0 Å². The van der Waals surface area contributed by atoms with E-state index in [1.807, 2.05) is 11.3 Å². The number of hydrogen-bond acceptors (Lipinski definition) is 1. The summed E-state index contributed by atoms with van der Waals surface area (Å²) in [6, 6.07) is 40.5. The molecule has 152 valence electrons. The topological polar surface area (TPSA) is 0 Å². The molecule has 0 fully saturated rings. The van der Waals surface area contributed by atoms with E-state index in [0.29, 0.717) is 0 Å². The first-order valence-corrected chi connectivity index (χ1v) is 12.2. The number of benzene rings is 7. The SMILES string of the molecule is c1ccc2c(c1)ccc1sc3cc(-c4ccc5ccc6cccc7ccc4c5c67)ccc3c12. The molecule has 33 heavy (non-hydrogen) atoms. The van der Waals surface area contributed by atoms with Crippen LogP contribution in [0.5, 0.6) is 0 Å². The number of rotatable bonds is 1. The Hall–Kier alpha value is -3.94. The second-order valence-electron chi connectivity index (χ2n) is 8.94. The van der Waals surface area contributed by atoms with E-state index in [9.17, 15) is 0 Å². The fraction of sp³-hybridized carbons (Fsp3) is 0. The maximum absolute atomic E-state index is 2.39. The molecule has 0 unspecified atom stereocenters. The molecule has 0 aliphatic carbocycles. The zero-order valence-electron chi connectivity index (χ0n) is 17.8. The van der Waals surface area contributed by atoms with E-state index in [-0.39, 0.29) is 0 Å². The Morgan fingerprint density at radius 1 is 0.394 bits per heavy atom. The second-order valence-corrected chi connectivity index (χ2v) is 10.0. The van der Waals surface area contributed by atoms with Gasteiger partial charge in [-0.15, -0.1) is 11.3 Å². The molecule has 0 nitrogen and oxygen atoms in total. The van der Waals surface area contributed by atoms with Crippen LogP contribution in [-0.2, 0) is 0 Å². The molecule has 8 rings (SSSR count). The van der Waals surface area contributed by atoms with Crippen LogP contribution in [0.2, 0.25) is 0 Å². The van der Waals surface area contributed by atoms with E-state index in [1.54, 1.807) is 0 Å². The normalized spacial score (nSPS) is 12.2. The highest BCUT2D eigenvalue weighted by Gasteiger charge is 2.14. The third-order valence-electron chi connectivity index (χ3n) is 7.20. The lowest BCUT2D eigenvalue weighted by Gasteiger charge is -2.14. The Labute approximate surface area is 194 Å². The summed E-state index contributed by atoms with van der Waals surface area (Å²) in [6.07, 6.45) is 0. The molecule has 1 aromatic heterocycles. The highest BCUT2D eigenvalue weighted by molar-refractivity contribution is 7.26. The zero-order valence-corrected chi connectivity index (χ0v) is 18.6. The lowest BCUT2D eigenvalue weighted by Crippen LogP contribution is -1.87. The van der Waals surface area contributed by atoms with E-state index in [0.717, 1.165) is 0 Å². The molecule has 0 radical (unpaired) electrons. The lowest BCUT2D eigenvalue weighted by atomic mass is 9.90. The van der Waals surface area contributed by atoms with Gasteiger partial charge in [-0.25, -0.2) is 0 Å². The predicted molar refractivity (Wildman–Crippen MR) is 146 cm³/mol. The van der Waals surface area contributed by atoms with E-state index >= 15 is 0 Å². The van der Waals surface area contributed by atoms with E-state index < -0.39 is 0 Å². The molecule has 1 heteroatoms. The molecule has 0 atom stereocenters. The van der Waals surface area contributed by atoms with Gasteiger partial charge in [0.2, 0.25) is 0 Å². The van der Waals surface area contributed by atoms with Crippen molar-refractivity contribution in [2.45, 2.75) is 0 Å². The molecular weight excluding hydrogens is 416 g/mol. The third-order valence-corrected chi connectivity index (χ3v) is 8.32. The first-order valence-electron chi connectivity index (χ1n) is 11.4. The van der Waals surface area contributed by atoms with Gasteiger partial charge in [0.1, 0.15) is 0 Å². The minimum atomic E-state index is 1.29. The van der Waals surface area contributed by atoms with E-state index in [1.165, 1.54) is 74.4 Å². The van der Waals surface area contributed by atoms with Crippen molar-refractivity contribution < 1.29 is 0 Å². The standard InChI is InChI=1S/C32H18S/c1-2-7-25-19(4-1)13-17-28-32(25)27-16-12-23(18-29(27)33-28)24-14-10-22-9-8-20-5-3-6-21-11-15-26(24)31(22)30(20)21/h1-18H. The summed E-state index contributed by atoms with van der Waals surface area (Å²) < 4.78 is 2.71. The molecule has 0 saturated carbocycles. The lowest BCUT2D eigenvalue weighted by molar-refractivity contribution is 1.72. The monoisotopic (exact) mass is 434 g/mol. The average Bonchev–Trinajstić information content (AvgIpc) is 3.25. The molecule has 8 aromatic rings. The summed E-state index contributed by atoms with van der Waals surface area (Å²) in [6.45, 7) is 0. The van der Waals surface area contributed by atoms with Crippen LogP contribution in [0.3, 0.4) is 0 Å². The van der Waals surface area contributed by atoms with Gasteiger partial charge in [-0.1, -0.05) is 97.1 Å². The van der Waals surface area contributed by atoms with Crippen molar-refractivity contribution in [2.75, 3.05) is 0 Å². The average molecular weight is 435 g/mol. The number of thiophene rings is 1. The first-order chi connectivity index (χ1) is 16.3. The minimum absolute atomic E-state index is 1.29. The molecule has 0 saturated heterocycles. The van der Waals surface area contributed by atoms with Crippen molar-refractivity contribution in [3.63, 3.8) is 0 Å². The fourth-order valence-electron chi connectivity index (χ4n) is 5.70. The van der Waals surface area contributed by atoms with Crippen LogP contribution in [0.25, 0.3) is 74.4 Å². The molecule has 0 N–H and O–H groups in total. The minimum Gasteiger partial charge on any atom is -0.135 e. The maximum atomic E-state index is 2.39. The van der Waals surface area contributed by atoms with Gasteiger partial charge in [-0.2, -0.15) is 0 Å². The summed E-state index contributed by atoms with van der Waals surface area (Å²) in [5.74, 6) is 0. The van der Waals surface area contributed by atoms with Crippen molar-refractivity contribution in [3.8, 4) is 11.1 Å². The highest BCUT2D eigenvalue weighted by Crippen LogP contribution is 2.43. The Bertz CT molecular complexity index is 2010. The summed E-state index contributed by atoms with van der Waals surface area (Å²) in [5, 5.41) is 13.4. The Morgan fingerprint density at radius 2 is 1.09 bits per heavy atom. The van der Waals surface area contributed by atoms with Crippen molar-refractivity contribution in [1.29, 1.82) is 0 Å². The van der Waals surface area contributed by atoms with Gasteiger partial charge in [0.15, 0.2) is 0 Å². The molecule has 0 spiro atoms. The summed E-state index contributed by atoms with van der Waals surface area (Å²) in [7, 11) is 0. The van der Waals surface area contributed by atoms with Crippen LogP contribution in [0, 0.1) is 0 Å². The van der Waals surface area contributed by atoms with Crippen LogP contribution in [-0.4, -0.2) is 0 Å². The molecule has 0 bridgehead atoms. The maximum Gasteiger partial charge on any atom is 0.0361 e. The third kappa shape index (κ3) is 2.35. The summed E-state index contributed by atoms with van der Waals surface area (Å²) in [4.78, 5) is 0. The quantitative estimate of drug-likeness (QED) is 0.226. The smallest absolute Gasteiger partial charge is 0.0361 e. The second kappa shape index (κ2) is 6.31. The Morgan fingerprint density at radius 3 is 2.00 bits per heavy atom. The molecule has 0 aliphatic heterocycles. The van der Waals surface area contributed by atoms with Gasteiger partial charge in [0.05, 0.1) is 0 Å². The molecular formula is C32H18S. The van der Waals surface area contributed by atoms with Gasteiger partial charge < -0.3 is 0 Å². The highest BCUT2D eigenvalue weighted by atomic mass is 32.1. The molecule has 1 heterocycles.